The van der Waals surface area contributed by atoms with Crippen LogP contribution in [0, 0.1) is 0 Å². The number of carbonyl (C=O) groups is 1. The minimum Gasteiger partial charge on any atom is -0.303 e. The average Bonchev–Trinajstić information content (AvgIpc) is 2.99. The molecule has 0 unspecified atom stereocenters. The Morgan fingerprint density at radius 1 is 1.15 bits per heavy atom. The van der Waals surface area contributed by atoms with Gasteiger partial charge in [0.25, 0.3) is 0 Å². The quantitative estimate of drug-likeness (QED) is 0.586. The van der Waals surface area contributed by atoms with Gasteiger partial charge in [-0.2, -0.15) is 0 Å². The molecule has 0 atom stereocenters. The van der Waals surface area contributed by atoms with E-state index in [9.17, 15) is 4.79 Å². The predicted octanol–water partition coefficient (Wildman–Crippen LogP) is 0.355. The molecule has 0 amide bonds. The van der Waals surface area contributed by atoms with Crippen molar-refractivity contribution in [2.24, 2.45) is 0 Å². The van der Waals surface area contributed by atoms with Crippen molar-refractivity contribution in [1.82, 2.24) is 9.80 Å². The van der Waals surface area contributed by atoms with Gasteiger partial charge in [-0.15, -0.1) is 0 Å². The summed E-state index contributed by atoms with van der Waals surface area (Å²) in [6.45, 7) is 5.70. The number of rotatable bonds is 4. The van der Waals surface area contributed by atoms with Crippen molar-refractivity contribution in [1.29, 1.82) is 0 Å². The highest BCUT2D eigenvalue weighted by atomic mass is 16.1. The smallest absolute Gasteiger partial charge is 0.121 e. The summed E-state index contributed by atoms with van der Waals surface area (Å²) in [5, 5.41) is 0. The Balaban J connectivity index is 1.66. The Bertz CT molecular complexity index is 172. The molecule has 1 aliphatic heterocycles. The molecule has 0 aromatic heterocycles. The van der Waals surface area contributed by atoms with E-state index in [0.29, 0.717) is 6.42 Å². The number of nitrogens with zero attached hydrogens (tertiary/aromatic N) is 2. The number of hydrogen-bond donors (Lipinski definition) is 0. The van der Waals surface area contributed by atoms with Crippen LogP contribution in [-0.4, -0.2) is 54.9 Å². The van der Waals surface area contributed by atoms with E-state index in [0.717, 1.165) is 32.0 Å². The van der Waals surface area contributed by atoms with E-state index in [-0.39, 0.29) is 0 Å². The molecule has 0 aromatic carbocycles. The third-order valence-electron chi connectivity index (χ3n) is 3.03. The molecule has 2 fully saturated rings. The van der Waals surface area contributed by atoms with Gasteiger partial charge < -0.3 is 9.69 Å². The summed E-state index contributed by atoms with van der Waals surface area (Å²) in [6, 6.07) is 0.910. The first-order valence-electron chi connectivity index (χ1n) is 5.30. The summed E-state index contributed by atoms with van der Waals surface area (Å²) in [6.07, 6.45) is 4.54. The summed E-state index contributed by atoms with van der Waals surface area (Å²) in [5.74, 6) is 0. The first-order chi connectivity index (χ1) is 6.40. The average molecular weight is 182 g/mol. The van der Waals surface area contributed by atoms with E-state index in [2.05, 4.69) is 9.80 Å². The van der Waals surface area contributed by atoms with Crippen LogP contribution in [0.3, 0.4) is 0 Å². The zero-order valence-corrected chi connectivity index (χ0v) is 8.11. The van der Waals surface area contributed by atoms with E-state index in [1.54, 1.807) is 0 Å². The van der Waals surface area contributed by atoms with Crippen LogP contribution in [0.15, 0.2) is 0 Å². The molecule has 0 radical (unpaired) electrons. The molecule has 3 heteroatoms. The van der Waals surface area contributed by atoms with Crippen LogP contribution in [0.1, 0.15) is 19.3 Å². The standard InChI is InChI=1S/C10H18N2O/c13-9-1-4-11-5-7-12(8-6-11)10-2-3-10/h9-10H,1-8H2. The largest absolute Gasteiger partial charge is 0.303 e. The summed E-state index contributed by atoms with van der Waals surface area (Å²) < 4.78 is 0. The molecule has 13 heavy (non-hydrogen) atoms. The maximum atomic E-state index is 10.2. The maximum Gasteiger partial charge on any atom is 0.121 e. The molecule has 3 nitrogen and oxygen atoms in total. The van der Waals surface area contributed by atoms with Crippen LogP contribution in [0.5, 0.6) is 0 Å². The van der Waals surface area contributed by atoms with E-state index in [1.807, 2.05) is 0 Å². The summed E-state index contributed by atoms with van der Waals surface area (Å²) in [7, 11) is 0. The highest BCUT2D eigenvalue weighted by Gasteiger charge is 2.30. The third-order valence-corrected chi connectivity index (χ3v) is 3.03. The third kappa shape index (κ3) is 2.51. The van der Waals surface area contributed by atoms with Crippen molar-refractivity contribution in [3.05, 3.63) is 0 Å². The SMILES string of the molecule is O=CCCN1CCN(C2CC2)CC1. The Hall–Kier alpha value is -0.410. The minimum absolute atomic E-state index is 0.698. The van der Waals surface area contributed by atoms with Crippen molar-refractivity contribution < 1.29 is 4.79 Å². The van der Waals surface area contributed by atoms with Gasteiger partial charge in [0.05, 0.1) is 0 Å². The second-order valence-corrected chi connectivity index (χ2v) is 4.06. The van der Waals surface area contributed by atoms with E-state index < -0.39 is 0 Å². The normalized spacial score (nSPS) is 26.2. The molecule has 2 rings (SSSR count). The molecule has 1 saturated carbocycles. The molecule has 2 aliphatic rings. The molecule has 0 bridgehead atoms. The Morgan fingerprint density at radius 2 is 1.85 bits per heavy atom. The van der Waals surface area contributed by atoms with Crippen molar-refractivity contribution in [2.75, 3.05) is 32.7 Å². The zero-order chi connectivity index (χ0) is 9.10. The number of hydrogen-bond acceptors (Lipinski definition) is 3. The van der Waals surface area contributed by atoms with Gasteiger partial charge >= 0.3 is 0 Å². The van der Waals surface area contributed by atoms with Gasteiger partial charge in [0.2, 0.25) is 0 Å². The zero-order valence-electron chi connectivity index (χ0n) is 8.11. The fourth-order valence-corrected chi connectivity index (χ4v) is 2.03. The van der Waals surface area contributed by atoms with Gasteiger partial charge in [-0.05, 0) is 12.8 Å². The van der Waals surface area contributed by atoms with Gasteiger partial charge in [-0.1, -0.05) is 0 Å². The molecule has 0 N–H and O–H groups in total. The Morgan fingerprint density at radius 3 is 2.38 bits per heavy atom. The van der Waals surface area contributed by atoms with E-state index in [1.165, 1.54) is 25.9 Å². The topological polar surface area (TPSA) is 23.6 Å². The van der Waals surface area contributed by atoms with Crippen LogP contribution in [-0.2, 0) is 4.79 Å². The molecule has 1 aliphatic carbocycles. The van der Waals surface area contributed by atoms with Gasteiger partial charge in [0.1, 0.15) is 6.29 Å². The monoisotopic (exact) mass is 182 g/mol. The molecule has 1 heterocycles. The molecule has 1 saturated heterocycles. The highest BCUT2D eigenvalue weighted by Crippen LogP contribution is 2.27. The molecule has 0 spiro atoms. The lowest BCUT2D eigenvalue weighted by Crippen LogP contribution is -2.47. The lowest BCUT2D eigenvalue weighted by atomic mass is 10.3. The number of carbonyl (C=O) groups excluding carboxylic acids is 1. The lowest BCUT2D eigenvalue weighted by molar-refractivity contribution is -0.108. The first-order valence-corrected chi connectivity index (χ1v) is 5.30. The van der Waals surface area contributed by atoms with Gasteiger partial charge in [0.15, 0.2) is 0 Å². The molecular weight excluding hydrogens is 164 g/mol. The fourth-order valence-electron chi connectivity index (χ4n) is 2.03. The van der Waals surface area contributed by atoms with Crippen LogP contribution in [0.2, 0.25) is 0 Å². The predicted molar refractivity (Wildman–Crippen MR) is 51.7 cm³/mol. The van der Waals surface area contributed by atoms with Gasteiger partial charge in [-0.25, -0.2) is 0 Å². The lowest BCUT2D eigenvalue weighted by Gasteiger charge is -2.34. The molecule has 0 aromatic rings. The Kier molecular flexibility index (Phi) is 2.96. The maximum absolute atomic E-state index is 10.2. The van der Waals surface area contributed by atoms with Crippen molar-refractivity contribution in [2.45, 2.75) is 25.3 Å². The van der Waals surface area contributed by atoms with Crippen LogP contribution >= 0.6 is 0 Å². The van der Waals surface area contributed by atoms with Crippen molar-refractivity contribution >= 4 is 6.29 Å². The van der Waals surface area contributed by atoms with Crippen molar-refractivity contribution in [3.63, 3.8) is 0 Å². The van der Waals surface area contributed by atoms with Crippen LogP contribution in [0.25, 0.3) is 0 Å². The summed E-state index contributed by atoms with van der Waals surface area (Å²) in [4.78, 5) is 15.2. The summed E-state index contributed by atoms with van der Waals surface area (Å²) in [5.41, 5.74) is 0. The van der Waals surface area contributed by atoms with Gasteiger partial charge in [0, 0.05) is 45.2 Å². The fraction of sp³-hybridized carbons (Fsp3) is 0.900. The van der Waals surface area contributed by atoms with Crippen molar-refractivity contribution in [3.8, 4) is 0 Å². The second kappa shape index (κ2) is 4.20. The second-order valence-electron chi connectivity index (χ2n) is 4.06. The summed E-state index contributed by atoms with van der Waals surface area (Å²) >= 11 is 0. The number of piperazine rings is 1. The van der Waals surface area contributed by atoms with Crippen LogP contribution in [0.4, 0.5) is 0 Å². The number of aldehydes is 1. The van der Waals surface area contributed by atoms with Crippen LogP contribution < -0.4 is 0 Å². The molecular formula is C10H18N2O. The van der Waals surface area contributed by atoms with E-state index in [4.69, 9.17) is 0 Å². The minimum atomic E-state index is 0.698. The first kappa shape index (κ1) is 9.16. The highest BCUT2D eigenvalue weighted by molar-refractivity contribution is 5.49. The van der Waals surface area contributed by atoms with Gasteiger partial charge in [-0.3, -0.25) is 4.90 Å². The molecule has 74 valence electrons. The Labute approximate surface area is 79.7 Å². The van der Waals surface area contributed by atoms with E-state index >= 15 is 0 Å².